The van der Waals surface area contributed by atoms with E-state index in [1.807, 2.05) is 34.8 Å². The maximum Gasteiger partial charge on any atom is 0.303 e. The molecule has 316 valence electrons. The van der Waals surface area contributed by atoms with E-state index >= 15 is 0 Å². The van der Waals surface area contributed by atoms with Crippen molar-refractivity contribution in [1.29, 1.82) is 0 Å². The van der Waals surface area contributed by atoms with Crippen LogP contribution < -0.4 is 107 Å². The highest BCUT2D eigenvalue weighted by Crippen LogP contribution is 2.38. The summed E-state index contributed by atoms with van der Waals surface area (Å²) < 4.78 is 8.22. The molecule has 62 heavy (non-hydrogen) atoms. The first-order valence-corrected chi connectivity index (χ1v) is 19.5. The van der Waals surface area contributed by atoms with Crippen LogP contribution in [0.25, 0.3) is 90.9 Å². The van der Waals surface area contributed by atoms with Crippen molar-refractivity contribution in [1.82, 2.24) is 19.9 Å². The fourth-order valence-electron chi connectivity index (χ4n) is 7.77. The molecule has 0 radical (unpaired) electrons. The van der Waals surface area contributed by atoms with Crippen molar-refractivity contribution in [3.05, 3.63) is 145 Å². The van der Waals surface area contributed by atoms with Crippen LogP contribution in [0, 0.1) is 0 Å². The molecule has 10 nitrogen and oxygen atoms in total. The van der Waals surface area contributed by atoms with E-state index in [4.69, 9.17) is 15.1 Å². The molecule has 0 saturated heterocycles. The molecule has 0 atom stereocenters. The molecule has 7 aromatic rings. The Kier molecular flexibility index (Phi) is 16.5. The summed E-state index contributed by atoms with van der Waals surface area (Å²) in [5, 5.41) is 9.10. The molecule has 0 unspecified atom stereocenters. The molecule has 2 aliphatic rings. The number of aryl methyl sites for hydroxylation is 4. The summed E-state index contributed by atoms with van der Waals surface area (Å²) in [6.07, 6.45) is 26.5. The smallest absolute Gasteiger partial charge is 0.303 e. The van der Waals surface area contributed by atoms with Crippen molar-refractivity contribution >= 4 is 52.3 Å². The fourth-order valence-corrected chi connectivity index (χ4v) is 7.77. The Hall–Kier alpha value is -4.66. The summed E-state index contributed by atoms with van der Waals surface area (Å²) >= 11 is 0. The van der Waals surface area contributed by atoms with Gasteiger partial charge >= 0.3 is 5.97 Å². The minimum atomic E-state index is -0.760. The van der Waals surface area contributed by atoms with Crippen molar-refractivity contribution < 1.29 is 117 Å². The second-order valence-corrected chi connectivity index (χ2v) is 14.9. The quantitative estimate of drug-likeness (QED) is 0.0769. The minimum Gasteiger partial charge on any atom is -1.00 e. The monoisotopic (exact) mass is 1220 g/mol. The number of H-pyrrole nitrogens is 2. The van der Waals surface area contributed by atoms with Gasteiger partial charge in [0.05, 0.1) is 22.8 Å². The summed E-state index contributed by atoms with van der Waals surface area (Å²) in [7, 11) is 6.06. The molecule has 3 N–H and O–H groups in total. The van der Waals surface area contributed by atoms with Crippen LogP contribution in [0.15, 0.2) is 122 Å². The number of hydrogen-bond donors (Lipinski definition) is 3. The van der Waals surface area contributed by atoms with Crippen molar-refractivity contribution in [3.8, 4) is 44.5 Å². The zero-order valence-electron chi connectivity index (χ0n) is 34.2. The summed E-state index contributed by atoms with van der Waals surface area (Å²) in [6.45, 7) is 0.744. The van der Waals surface area contributed by atoms with Crippen LogP contribution in [0.4, 0.5) is 0 Å². The van der Waals surface area contributed by atoms with Gasteiger partial charge in [0.25, 0.3) is 0 Å². The van der Waals surface area contributed by atoms with Gasteiger partial charge in [-0.2, -0.15) is 0 Å². The Morgan fingerprint density at radius 1 is 0.484 bits per heavy atom. The maximum absolute atomic E-state index is 11.1. The van der Waals surface area contributed by atoms with Gasteiger partial charge in [-0.1, -0.05) is 0 Å². The van der Waals surface area contributed by atoms with Crippen LogP contribution in [-0.4, -0.2) is 31.0 Å². The van der Waals surface area contributed by atoms with Crippen molar-refractivity contribution in [3.63, 3.8) is 0 Å². The molecular formula is C48H44BrI3N8O2. The van der Waals surface area contributed by atoms with Crippen molar-refractivity contribution in [2.75, 3.05) is 0 Å². The Labute approximate surface area is 422 Å². The summed E-state index contributed by atoms with van der Waals surface area (Å²) in [4.78, 5) is 29.5. The highest BCUT2D eigenvalue weighted by atomic mass is 127. The minimum absolute atomic E-state index is 0. The number of rotatable bonds is 9. The van der Waals surface area contributed by atoms with E-state index in [0.29, 0.717) is 6.42 Å². The van der Waals surface area contributed by atoms with Gasteiger partial charge in [-0.05, 0) is 77.2 Å². The second kappa shape index (κ2) is 21.1. The summed E-state index contributed by atoms with van der Waals surface area (Å²) in [5.74, 6) is -0.760. The number of nitrogens with zero attached hydrogens (tertiary/aromatic N) is 6. The molecule has 0 spiro atoms. The predicted octanol–water partition coefficient (Wildman–Crippen LogP) is -4.64. The van der Waals surface area contributed by atoms with Crippen LogP contribution in [-0.2, 0) is 32.5 Å². The van der Waals surface area contributed by atoms with E-state index < -0.39 is 5.97 Å². The van der Waals surface area contributed by atoms with Gasteiger partial charge in [-0.15, -0.1) is 0 Å². The number of carbonyl (C=O) groups is 1. The molecule has 0 amide bonds. The largest absolute Gasteiger partial charge is 1.00 e. The first-order chi connectivity index (χ1) is 28.3. The highest BCUT2D eigenvalue weighted by Gasteiger charge is 2.21. The number of pyridine rings is 4. The van der Waals surface area contributed by atoms with Gasteiger partial charge in [0.2, 0.25) is 0 Å². The number of unbranched alkanes of at least 4 members (excludes halogenated alkanes) is 1. The fraction of sp³-hybridized carbons (Fsp3) is 0.146. The lowest BCUT2D eigenvalue weighted by Crippen LogP contribution is -3.00. The summed E-state index contributed by atoms with van der Waals surface area (Å²) in [5.41, 5.74) is 15.3. The lowest BCUT2D eigenvalue weighted by atomic mass is 10.0. The first-order valence-electron chi connectivity index (χ1n) is 19.5. The number of aromatic amines is 2. The van der Waals surface area contributed by atoms with Gasteiger partial charge in [0, 0.05) is 106 Å². The van der Waals surface area contributed by atoms with E-state index in [1.54, 1.807) is 0 Å². The number of aliphatic carboxylic acids is 1. The Balaban J connectivity index is 0.00000181. The van der Waals surface area contributed by atoms with Gasteiger partial charge in [0.15, 0.2) is 49.6 Å². The number of halogens is 4. The molecule has 9 rings (SSSR count). The Morgan fingerprint density at radius 3 is 1.19 bits per heavy atom. The molecule has 8 bridgehead atoms. The third-order valence-corrected chi connectivity index (χ3v) is 10.8. The Morgan fingerprint density at radius 2 is 0.806 bits per heavy atom. The molecule has 9 heterocycles. The number of carboxylic acids is 1. The standard InChI is InChI=1S/C48H41N8O2.BrH.3HI/c1-53-24-15-32(16-25-53)45-36-7-9-38(49-36)46(33-17-26-54(2)27-18-33)40-11-13-42(51-40)48(35-21-30-56(31-22-35)23-5-4-6-44(57)58)43-14-12-41(52-43)47(39-10-8-37(45)50-39)34-19-28-55(3)29-20-34;;;;/h7-22,24-31H,4-6,23H2,1-3H3;4*1H/q+1;;;;/p-1. The van der Waals surface area contributed by atoms with E-state index in [1.165, 1.54) is 0 Å². The van der Waals surface area contributed by atoms with Gasteiger partial charge in [0.1, 0.15) is 27.7 Å². The zero-order valence-corrected chi connectivity index (χ0v) is 42.3. The Bertz CT molecular complexity index is 2800. The van der Waals surface area contributed by atoms with Crippen LogP contribution in [0.5, 0.6) is 0 Å². The lowest BCUT2D eigenvalue weighted by molar-refractivity contribution is -0.697. The number of carboxylic acid groups (broad SMARTS) is 1. The third kappa shape index (κ3) is 10.2. The second-order valence-electron chi connectivity index (χ2n) is 14.9. The SMILES string of the molecule is C[n+]1ccc(-c2c3nc(c(-c4cc[n+](C)cc4)c4ccc([nH]4)c(-c4cc[n+](CCCCC(=O)O)cc4)c4ccc([nH]4)c(-c4cc[n+](C)cc4)c4nc2C=C4)C=C3)cc1.[Br-].[I-].[I-].[I-]. The van der Waals surface area contributed by atoms with Crippen LogP contribution in [0.1, 0.15) is 42.0 Å². The number of hydrogen-bond acceptors (Lipinski definition) is 3. The van der Waals surface area contributed by atoms with E-state index in [0.717, 1.165) is 102 Å². The molecule has 0 aromatic carbocycles. The molecule has 0 aliphatic carbocycles. The molecule has 0 fully saturated rings. The average Bonchev–Trinajstić information content (AvgIpc) is 4.07. The molecule has 14 heteroatoms. The maximum atomic E-state index is 11.1. The molecule has 7 aromatic heterocycles. The number of aromatic nitrogens is 8. The van der Waals surface area contributed by atoms with Crippen LogP contribution in [0.3, 0.4) is 0 Å². The molecule has 0 saturated carbocycles. The summed E-state index contributed by atoms with van der Waals surface area (Å²) in [6, 6.07) is 25.6. The topological polar surface area (TPSA) is 110 Å². The highest BCUT2D eigenvalue weighted by molar-refractivity contribution is 6.00. The van der Waals surface area contributed by atoms with Crippen LogP contribution >= 0.6 is 0 Å². The van der Waals surface area contributed by atoms with Crippen molar-refractivity contribution in [2.24, 2.45) is 21.1 Å². The molecule has 2 aliphatic heterocycles. The number of fused-ring (bicyclic) bond motifs is 8. The van der Waals surface area contributed by atoms with E-state index in [2.05, 4.69) is 161 Å². The lowest BCUT2D eigenvalue weighted by Gasteiger charge is -2.06. The average molecular weight is 1230 g/mol. The first kappa shape index (κ1) is 48.4. The van der Waals surface area contributed by atoms with Gasteiger partial charge in [-0.25, -0.2) is 28.2 Å². The van der Waals surface area contributed by atoms with Gasteiger partial charge in [-0.3, -0.25) is 4.79 Å². The van der Waals surface area contributed by atoms with E-state index in [9.17, 15) is 4.79 Å². The normalized spacial score (nSPS) is 11.2. The predicted molar refractivity (Wildman–Crippen MR) is 226 cm³/mol. The van der Waals surface area contributed by atoms with Crippen molar-refractivity contribution in [2.45, 2.75) is 25.8 Å². The third-order valence-electron chi connectivity index (χ3n) is 10.8. The number of nitrogens with one attached hydrogen (secondary N) is 2. The molecular weight excluding hydrogens is 1180 g/mol. The zero-order chi connectivity index (χ0) is 39.8. The van der Waals surface area contributed by atoms with Crippen LogP contribution in [0.2, 0.25) is 0 Å². The van der Waals surface area contributed by atoms with Gasteiger partial charge < -0.3 is 104 Å². The van der Waals surface area contributed by atoms with E-state index in [-0.39, 0.29) is 95.3 Å².